The van der Waals surface area contributed by atoms with Gasteiger partial charge in [-0.1, -0.05) is 0 Å². The van der Waals surface area contributed by atoms with Gasteiger partial charge in [-0.2, -0.15) is 0 Å². The minimum absolute atomic E-state index is 0.0514. The van der Waals surface area contributed by atoms with Gasteiger partial charge in [0.05, 0.1) is 15.2 Å². The van der Waals surface area contributed by atoms with Crippen LogP contribution in [0.25, 0.3) is 0 Å². The fourth-order valence-corrected chi connectivity index (χ4v) is 4.58. The van der Waals surface area contributed by atoms with Gasteiger partial charge in [-0.25, -0.2) is 13.4 Å². The Morgan fingerprint density at radius 2 is 2.12 bits per heavy atom. The molecule has 2 aromatic rings. The Morgan fingerprint density at radius 1 is 1.35 bits per heavy atom. The molecule has 0 aliphatic heterocycles. The number of halogens is 1. The standard InChI is InChI=1S/C10H9BrN2O2S2/c11-9-4-3-7(16-9)6-17(14,15)10-8(12)2-1-5-13-10/h1-5H,6,12H2. The van der Waals surface area contributed by atoms with Crippen LogP contribution in [0, 0.1) is 0 Å². The first-order chi connectivity index (χ1) is 7.99. The quantitative estimate of drug-likeness (QED) is 0.936. The zero-order chi connectivity index (χ0) is 12.5. The minimum atomic E-state index is -3.48. The Morgan fingerprint density at radius 3 is 2.71 bits per heavy atom. The molecule has 0 spiro atoms. The Bertz CT molecular complexity index is 637. The summed E-state index contributed by atoms with van der Waals surface area (Å²) in [4.78, 5) is 4.58. The van der Waals surface area contributed by atoms with Gasteiger partial charge in [0, 0.05) is 11.1 Å². The number of pyridine rings is 1. The van der Waals surface area contributed by atoms with Crippen LogP contribution in [0.1, 0.15) is 4.88 Å². The van der Waals surface area contributed by atoms with Gasteiger partial charge in [-0.05, 0) is 40.2 Å². The third kappa shape index (κ3) is 2.85. The number of rotatable bonds is 3. The van der Waals surface area contributed by atoms with Gasteiger partial charge < -0.3 is 5.73 Å². The second-order valence-corrected chi connectivity index (χ2v) is 7.82. The van der Waals surface area contributed by atoms with Crippen LogP contribution in [0.5, 0.6) is 0 Å². The molecule has 0 aliphatic carbocycles. The van der Waals surface area contributed by atoms with E-state index in [0.29, 0.717) is 0 Å². The predicted octanol–water partition coefficient (Wildman–Crippen LogP) is 2.46. The number of hydrogen-bond acceptors (Lipinski definition) is 5. The molecular weight excluding hydrogens is 324 g/mol. The fourth-order valence-electron chi connectivity index (χ4n) is 1.35. The molecule has 2 aromatic heterocycles. The molecule has 90 valence electrons. The third-order valence-corrected chi connectivity index (χ3v) is 5.48. The molecule has 2 rings (SSSR count). The predicted molar refractivity (Wildman–Crippen MR) is 71.6 cm³/mol. The first-order valence-corrected chi connectivity index (χ1v) is 7.93. The van der Waals surface area contributed by atoms with E-state index in [2.05, 4.69) is 20.9 Å². The molecule has 0 unspecified atom stereocenters. The molecule has 0 atom stereocenters. The fraction of sp³-hybridized carbons (Fsp3) is 0.100. The van der Waals surface area contributed by atoms with Gasteiger partial charge in [-0.15, -0.1) is 11.3 Å². The number of aromatic nitrogens is 1. The van der Waals surface area contributed by atoms with Crippen LogP contribution in [0.15, 0.2) is 39.3 Å². The molecule has 4 nitrogen and oxygen atoms in total. The van der Waals surface area contributed by atoms with Gasteiger partial charge in [0.2, 0.25) is 9.84 Å². The van der Waals surface area contributed by atoms with Crippen molar-refractivity contribution in [3.8, 4) is 0 Å². The van der Waals surface area contributed by atoms with Crippen LogP contribution >= 0.6 is 27.3 Å². The molecule has 0 amide bonds. The largest absolute Gasteiger partial charge is 0.396 e. The van der Waals surface area contributed by atoms with Gasteiger partial charge in [-0.3, -0.25) is 0 Å². The van der Waals surface area contributed by atoms with Gasteiger partial charge >= 0.3 is 0 Å². The van der Waals surface area contributed by atoms with Gasteiger partial charge in [0.25, 0.3) is 0 Å². The van der Waals surface area contributed by atoms with Crippen LogP contribution in [0.3, 0.4) is 0 Å². The number of thiophene rings is 1. The molecule has 0 fully saturated rings. The normalized spacial score (nSPS) is 11.6. The van der Waals surface area contributed by atoms with Crippen LogP contribution < -0.4 is 5.73 Å². The smallest absolute Gasteiger partial charge is 0.202 e. The average Bonchev–Trinajstić information content (AvgIpc) is 2.63. The number of nitrogens with zero attached hydrogens (tertiary/aromatic N) is 1. The Kier molecular flexibility index (Phi) is 3.50. The van der Waals surface area contributed by atoms with Crippen molar-refractivity contribution in [2.45, 2.75) is 10.8 Å². The highest BCUT2D eigenvalue weighted by atomic mass is 79.9. The van der Waals surface area contributed by atoms with Gasteiger partial charge in [0.15, 0.2) is 5.03 Å². The molecule has 2 heterocycles. The summed E-state index contributed by atoms with van der Waals surface area (Å²) in [6, 6.07) is 6.73. The van der Waals surface area contributed by atoms with E-state index in [1.54, 1.807) is 12.1 Å². The van der Waals surface area contributed by atoms with Crippen LogP contribution in [-0.4, -0.2) is 13.4 Å². The monoisotopic (exact) mass is 332 g/mol. The number of sulfone groups is 1. The van der Waals surface area contributed by atoms with Crippen molar-refractivity contribution in [2.75, 3.05) is 5.73 Å². The minimum Gasteiger partial charge on any atom is -0.396 e. The summed E-state index contributed by atoms with van der Waals surface area (Å²) in [7, 11) is -3.48. The summed E-state index contributed by atoms with van der Waals surface area (Å²) in [5.74, 6) is -0.0789. The molecule has 0 aliphatic rings. The number of nitrogens with two attached hydrogens (primary N) is 1. The molecule has 0 aromatic carbocycles. The lowest BCUT2D eigenvalue weighted by Gasteiger charge is -2.04. The summed E-state index contributed by atoms with van der Waals surface area (Å²) >= 11 is 4.68. The molecular formula is C10H9BrN2O2S2. The zero-order valence-corrected chi connectivity index (χ0v) is 11.8. The summed E-state index contributed by atoms with van der Waals surface area (Å²) < 4.78 is 25.1. The van der Waals surface area contributed by atoms with Crippen molar-refractivity contribution < 1.29 is 8.42 Å². The molecule has 0 saturated heterocycles. The van der Waals surface area contributed by atoms with E-state index in [9.17, 15) is 8.42 Å². The highest BCUT2D eigenvalue weighted by Crippen LogP contribution is 2.26. The van der Waals surface area contributed by atoms with E-state index >= 15 is 0 Å². The van der Waals surface area contributed by atoms with Crippen molar-refractivity contribution in [3.05, 3.63) is 39.1 Å². The highest BCUT2D eigenvalue weighted by molar-refractivity contribution is 9.11. The van der Waals surface area contributed by atoms with Crippen molar-refractivity contribution in [2.24, 2.45) is 0 Å². The van der Waals surface area contributed by atoms with Crippen molar-refractivity contribution in [1.82, 2.24) is 4.98 Å². The maximum atomic E-state index is 12.1. The van der Waals surface area contributed by atoms with E-state index < -0.39 is 9.84 Å². The maximum Gasteiger partial charge on any atom is 0.202 e. The van der Waals surface area contributed by atoms with E-state index in [4.69, 9.17) is 5.73 Å². The van der Waals surface area contributed by atoms with Crippen LogP contribution in [-0.2, 0) is 15.6 Å². The highest BCUT2D eigenvalue weighted by Gasteiger charge is 2.20. The van der Waals surface area contributed by atoms with E-state index in [0.717, 1.165) is 8.66 Å². The summed E-state index contributed by atoms with van der Waals surface area (Å²) in [6.45, 7) is 0. The molecule has 17 heavy (non-hydrogen) atoms. The molecule has 7 heteroatoms. The number of anilines is 1. The van der Waals surface area contributed by atoms with E-state index in [1.165, 1.54) is 23.6 Å². The number of hydrogen-bond donors (Lipinski definition) is 1. The van der Waals surface area contributed by atoms with Crippen molar-refractivity contribution in [3.63, 3.8) is 0 Å². The Hall–Kier alpha value is -0.920. The first kappa shape index (κ1) is 12.5. The van der Waals surface area contributed by atoms with Crippen LogP contribution in [0.2, 0.25) is 0 Å². The van der Waals surface area contributed by atoms with Crippen molar-refractivity contribution in [1.29, 1.82) is 0 Å². The lowest BCUT2D eigenvalue weighted by molar-refractivity contribution is 0.592. The van der Waals surface area contributed by atoms with Crippen LogP contribution in [0.4, 0.5) is 5.69 Å². The van der Waals surface area contributed by atoms with E-state index in [1.807, 2.05) is 6.07 Å². The Balaban J connectivity index is 2.35. The summed E-state index contributed by atoms with van der Waals surface area (Å²) in [6.07, 6.45) is 1.42. The lowest BCUT2D eigenvalue weighted by Crippen LogP contribution is -2.09. The average molecular weight is 333 g/mol. The van der Waals surface area contributed by atoms with E-state index in [-0.39, 0.29) is 16.5 Å². The lowest BCUT2D eigenvalue weighted by atomic mass is 10.4. The molecule has 2 N–H and O–H groups in total. The summed E-state index contributed by atoms with van der Waals surface area (Å²) in [5.41, 5.74) is 5.80. The zero-order valence-electron chi connectivity index (χ0n) is 8.63. The molecule has 0 bridgehead atoms. The molecule has 0 radical (unpaired) electrons. The maximum absolute atomic E-state index is 12.1. The first-order valence-electron chi connectivity index (χ1n) is 4.66. The Labute approximate surface area is 112 Å². The number of nitrogen functional groups attached to an aromatic ring is 1. The second kappa shape index (κ2) is 4.75. The van der Waals surface area contributed by atoms with Gasteiger partial charge in [0.1, 0.15) is 0 Å². The SMILES string of the molecule is Nc1cccnc1S(=O)(=O)Cc1ccc(Br)s1. The topological polar surface area (TPSA) is 73.0 Å². The molecule has 0 saturated carbocycles. The second-order valence-electron chi connectivity index (χ2n) is 3.36. The van der Waals surface area contributed by atoms with Crippen molar-refractivity contribution >= 4 is 42.8 Å². The third-order valence-electron chi connectivity index (χ3n) is 2.06. The summed E-state index contributed by atoms with van der Waals surface area (Å²) in [5, 5.41) is -0.0514.